The van der Waals surface area contributed by atoms with Gasteiger partial charge in [0.15, 0.2) is 0 Å². The van der Waals surface area contributed by atoms with E-state index >= 15 is 0 Å². The van der Waals surface area contributed by atoms with Crippen molar-refractivity contribution in [2.45, 2.75) is 25.2 Å². The van der Waals surface area contributed by atoms with Crippen LogP contribution in [0.2, 0.25) is 5.02 Å². The standard InChI is InChI=1S/C23H22ClN3O/c24-20-10-4-8-18(13-20)21-14-25-15-22(26-21)19-9-5-11-27(16-19)23(28)12-17-6-2-1-3-7-17/h1-4,6-8,10,13-15,19H,5,9,11-12,16H2. The van der Waals surface area contributed by atoms with E-state index in [1.54, 1.807) is 6.20 Å². The van der Waals surface area contributed by atoms with Crippen LogP contribution in [0.3, 0.4) is 0 Å². The van der Waals surface area contributed by atoms with Crippen molar-refractivity contribution in [3.8, 4) is 11.3 Å². The normalized spacial score (nSPS) is 16.8. The Morgan fingerprint density at radius 2 is 1.96 bits per heavy atom. The van der Waals surface area contributed by atoms with Gasteiger partial charge in [0.1, 0.15) is 0 Å². The number of hydrogen-bond donors (Lipinski definition) is 0. The van der Waals surface area contributed by atoms with E-state index in [-0.39, 0.29) is 11.8 Å². The van der Waals surface area contributed by atoms with Gasteiger partial charge in [-0.1, -0.05) is 54.1 Å². The van der Waals surface area contributed by atoms with E-state index in [1.165, 1.54) is 0 Å². The summed E-state index contributed by atoms with van der Waals surface area (Å²) >= 11 is 6.11. The van der Waals surface area contributed by atoms with E-state index in [0.29, 0.717) is 18.0 Å². The summed E-state index contributed by atoms with van der Waals surface area (Å²) in [6, 6.07) is 17.5. The van der Waals surface area contributed by atoms with Gasteiger partial charge < -0.3 is 4.90 Å². The molecule has 1 saturated heterocycles. The molecule has 1 amide bonds. The van der Waals surface area contributed by atoms with E-state index in [1.807, 2.05) is 65.7 Å². The van der Waals surface area contributed by atoms with Gasteiger partial charge in [0.05, 0.1) is 24.0 Å². The first-order valence-corrected chi connectivity index (χ1v) is 9.96. The monoisotopic (exact) mass is 391 g/mol. The van der Waals surface area contributed by atoms with Crippen LogP contribution < -0.4 is 0 Å². The zero-order valence-corrected chi connectivity index (χ0v) is 16.3. The molecule has 0 spiro atoms. The lowest BCUT2D eigenvalue weighted by Gasteiger charge is -2.32. The van der Waals surface area contributed by atoms with E-state index in [2.05, 4.69) is 4.98 Å². The Bertz CT molecular complexity index is 961. The minimum absolute atomic E-state index is 0.176. The average Bonchev–Trinajstić information content (AvgIpc) is 2.75. The van der Waals surface area contributed by atoms with Crippen LogP contribution in [0.1, 0.15) is 30.0 Å². The number of halogens is 1. The van der Waals surface area contributed by atoms with Crippen LogP contribution >= 0.6 is 11.6 Å². The lowest BCUT2D eigenvalue weighted by Crippen LogP contribution is -2.40. The van der Waals surface area contributed by atoms with Crippen molar-refractivity contribution in [2.75, 3.05) is 13.1 Å². The number of carbonyl (C=O) groups is 1. The lowest BCUT2D eigenvalue weighted by molar-refractivity contribution is -0.131. The predicted molar refractivity (Wildman–Crippen MR) is 111 cm³/mol. The largest absolute Gasteiger partial charge is 0.342 e. The Kier molecular flexibility index (Phi) is 5.68. The number of likely N-dealkylation sites (tertiary alicyclic amines) is 1. The van der Waals surface area contributed by atoms with Crippen LogP contribution in [0.5, 0.6) is 0 Å². The maximum absolute atomic E-state index is 12.7. The number of nitrogens with zero attached hydrogens (tertiary/aromatic N) is 3. The third kappa shape index (κ3) is 4.39. The van der Waals surface area contributed by atoms with Gasteiger partial charge in [0.25, 0.3) is 0 Å². The quantitative estimate of drug-likeness (QED) is 0.645. The molecule has 4 nitrogen and oxygen atoms in total. The van der Waals surface area contributed by atoms with Gasteiger partial charge in [0, 0.05) is 35.8 Å². The Balaban J connectivity index is 1.49. The fourth-order valence-corrected chi connectivity index (χ4v) is 3.88. The van der Waals surface area contributed by atoms with Gasteiger partial charge in [-0.05, 0) is 30.5 Å². The second-order valence-corrected chi connectivity index (χ2v) is 7.62. The summed E-state index contributed by atoms with van der Waals surface area (Å²) in [4.78, 5) is 23.9. The fraction of sp³-hybridized carbons (Fsp3) is 0.261. The Morgan fingerprint density at radius 1 is 1.11 bits per heavy atom. The molecule has 5 heteroatoms. The molecule has 0 aliphatic carbocycles. The molecular formula is C23H22ClN3O. The van der Waals surface area contributed by atoms with E-state index < -0.39 is 0 Å². The summed E-state index contributed by atoms with van der Waals surface area (Å²) in [7, 11) is 0. The molecule has 0 bridgehead atoms. The molecule has 1 atom stereocenters. The third-order valence-corrected chi connectivity index (χ3v) is 5.40. The van der Waals surface area contributed by atoms with Gasteiger partial charge in [-0.15, -0.1) is 0 Å². The SMILES string of the molecule is O=C(Cc1ccccc1)N1CCCC(c2cncc(-c3cccc(Cl)c3)n2)C1. The maximum Gasteiger partial charge on any atom is 0.227 e. The Morgan fingerprint density at radius 3 is 2.79 bits per heavy atom. The van der Waals surface area contributed by atoms with Gasteiger partial charge in [-0.25, -0.2) is 4.98 Å². The first-order chi connectivity index (χ1) is 13.7. The molecule has 4 rings (SSSR count). The van der Waals surface area contributed by atoms with Crippen LogP contribution in [0.25, 0.3) is 11.3 Å². The molecule has 0 N–H and O–H groups in total. The van der Waals surface area contributed by atoms with Crippen molar-refractivity contribution in [1.29, 1.82) is 0 Å². The minimum Gasteiger partial charge on any atom is -0.342 e. The van der Waals surface area contributed by atoms with Crippen molar-refractivity contribution in [2.24, 2.45) is 0 Å². The molecule has 1 fully saturated rings. The smallest absolute Gasteiger partial charge is 0.227 e. The maximum atomic E-state index is 12.7. The third-order valence-electron chi connectivity index (χ3n) is 5.16. The lowest BCUT2D eigenvalue weighted by atomic mass is 9.94. The molecule has 0 saturated carbocycles. The number of amides is 1. The van der Waals surface area contributed by atoms with Crippen LogP contribution in [-0.2, 0) is 11.2 Å². The first-order valence-electron chi connectivity index (χ1n) is 9.58. The number of benzene rings is 2. The molecule has 28 heavy (non-hydrogen) atoms. The van der Waals surface area contributed by atoms with E-state index in [0.717, 1.165) is 41.9 Å². The summed E-state index contributed by atoms with van der Waals surface area (Å²) in [6.45, 7) is 1.50. The number of carbonyl (C=O) groups excluding carboxylic acids is 1. The first kappa shape index (κ1) is 18.6. The highest BCUT2D eigenvalue weighted by molar-refractivity contribution is 6.30. The minimum atomic E-state index is 0.176. The van der Waals surface area contributed by atoms with Crippen LogP contribution in [0.15, 0.2) is 67.0 Å². The topological polar surface area (TPSA) is 46.1 Å². The van der Waals surface area contributed by atoms with Crippen molar-refractivity contribution >= 4 is 17.5 Å². The van der Waals surface area contributed by atoms with E-state index in [9.17, 15) is 4.79 Å². The predicted octanol–water partition coefficient (Wildman–Crippen LogP) is 4.75. The second kappa shape index (κ2) is 8.53. The van der Waals surface area contributed by atoms with Crippen molar-refractivity contribution in [3.05, 3.63) is 83.3 Å². The molecule has 1 aliphatic heterocycles. The zero-order valence-electron chi connectivity index (χ0n) is 15.6. The summed E-state index contributed by atoms with van der Waals surface area (Å²) in [5.41, 5.74) is 3.76. The highest BCUT2D eigenvalue weighted by atomic mass is 35.5. The average molecular weight is 392 g/mol. The highest BCUT2D eigenvalue weighted by Gasteiger charge is 2.26. The molecule has 2 aromatic carbocycles. The summed E-state index contributed by atoms with van der Waals surface area (Å²) < 4.78 is 0. The second-order valence-electron chi connectivity index (χ2n) is 7.18. The van der Waals surface area contributed by atoms with Crippen LogP contribution in [0.4, 0.5) is 0 Å². The molecule has 0 radical (unpaired) electrons. The molecule has 1 unspecified atom stereocenters. The van der Waals surface area contributed by atoms with Gasteiger partial charge >= 0.3 is 0 Å². The fourth-order valence-electron chi connectivity index (χ4n) is 3.69. The number of piperidine rings is 1. The van der Waals surface area contributed by atoms with Crippen molar-refractivity contribution in [1.82, 2.24) is 14.9 Å². The van der Waals surface area contributed by atoms with Crippen molar-refractivity contribution < 1.29 is 4.79 Å². The zero-order chi connectivity index (χ0) is 19.3. The molecular weight excluding hydrogens is 370 g/mol. The molecule has 3 aromatic rings. The highest BCUT2D eigenvalue weighted by Crippen LogP contribution is 2.28. The number of rotatable bonds is 4. The summed E-state index contributed by atoms with van der Waals surface area (Å²) in [5.74, 6) is 0.384. The van der Waals surface area contributed by atoms with Gasteiger partial charge in [0.2, 0.25) is 5.91 Å². The molecule has 1 aromatic heterocycles. The Labute approximate surface area is 170 Å². The summed E-state index contributed by atoms with van der Waals surface area (Å²) in [5, 5.41) is 0.681. The van der Waals surface area contributed by atoms with Gasteiger partial charge in [-0.2, -0.15) is 0 Å². The molecule has 1 aliphatic rings. The van der Waals surface area contributed by atoms with Crippen molar-refractivity contribution in [3.63, 3.8) is 0 Å². The number of hydrogen-bond acceptors (Lipinski definition) is 3. The van der Waals surface area contributed by atoms with E-state index in [4.69, 9.17) is 16.6 Å². The number of aromatic nitrogens is 2. The molecule has 142 valence electrons. The van der Waals surface area contributed by atoms with Crippen LogP contribution in [0, 0.1) is 0 Å². The Hall–Kier alpha value is -2.72. The van der Waals surface area contributed by atoms with Gasteiger partial charge in [-0.3, -0.25) is 9.78 Å². The summed E-state index contributed by atoms with van der Waals surface area (Å²) in [6.07, 6.45) is 6.03. The van der Waals surface area contributed by atoms with Crippen LogP contribution in [-0.4, -0.2) is 33.9 Å². The molecule has 2 heterocycles.